The van der Waals surface area contributed by atoms with Crippen LogP contribution in [-0.2, 0) is 7.05 Å². The fourth-order valence-corrected chi connectivity index (χ4v) is 2.73. The molecule has 0 aliphatic carbocycles. The molecular formula is C16H20N4O2. The van der Waals surface area contributed by atoms with Gasteiger partial charge in [-0.3, -0.25) is 9.48 Å². The zero-order valence-corrected chi connectivity index (χ0v) is 12.6. The van der Waals surface area contributed by atoms with Gasteiger partial charge < -0.3 is 10.0 Å². The van der Waals surface area contributed by atoms with Gasteiger partial charge in [0.15, 0.2) is 5.82 Å². The van der Waals surface area contributed by atoms with Crippen LogP contribution in [0.15, 0.2) is 30.6 Å². The molecule has 1 saturated heterocycles. The van der Waals surface area contributed by atoms with E-state index >= 15 is 0 Å². The van der Waals surface area contributed by atoms with E-state index in [1.54, 1.807) is 11.0 Å². The van der Waals surface area contributed by atoms with Crippen molar-refractivity contribution in [3.63, 3.8) is 0 Å². The number of amides is 1. The normalized spacial score (nSPS) is 16.0. The lowest BCUT2D eigenvalue weighted by molar-refractivity contribution is 0.0651. The summed E-state index contributed by atoms with van der Waals surface area (Å²) < 4.78 is 1.65. The molecule has 0 unspecified atom stereocenters. The van der Waals surface area contributed by atoms with E-state index < -0.39 is 0 Å². The standard InChI is InChI=1S/C16H20N4O2/c1-19-11-17-15(18-19)13-2-4-14(5-3-13)16(22)20-8-6-12(10-21)7-9-20/h2-5,11-12,21H,6-10H2,1H3. The Morgan fingerprint density at radius 1 is 1.27 bits per heavy atom. The molecule has 1 aliphatic rings. The van der Waals surface area contributed by atoms with E-state index in [1.165, 1.54) is 0 Å². The van der Waals surface area contributed by atoms with Crippen LogP contribution >= 0.6 is 0 Å². The summed E-state index contributed by atoms with van der Waals surface area (Å²) in [6.45, 7) is 1.65. The Morgan fingerprint density at radius 3 is 2.50 bits per heavy atom. The van der Waals surface area contributed by atoms with Gasteiger partial charge in [-0.15, -0.1) is 0 Å². The Bertz CT molecular complexity index is 642. The summed E-state index contributed by atoms with van der Waals surface area (Å²) in [7, 11) is 1.82. The Balaban J connectivity index is 1.69. The molecule has 0 bridgehead atoms. The van der Waals surface area contributed by atoms with Gasteiger partial charge in [-0.2, -0.15) is 5.10 Å². The van der Waals surface area contributed by atoms with Gasteiger partial charge in [-0.05, 0) is 30.9 Å². The highest BCUT2D eigenvalue weighted by molar-refractivity contribution is 5.94. The van der Waals surface area contributed by atoms with E-state index in [1.807, 2.05) is 36.2 Å². The molecule has 0 radical (unpaired) electrons. The lowest BCUT2D eigenvalue weighted by atomic mass is 9.97. The minimum atomic E-state index is 0.0527. The molecule has 0 atom stereocenters. The Kier molecular flexibility index (Phi) is 4.20. The number of carbonyl (C=O) groups is 1. The van der Waals surface area contributed by atoms with E-state index in [0.29, 0.717) is 30.4 Å². The van der Waals surface area contributed by atoms with Gasteiger partial charge in [-0.1, -0.05) is 12.1 Å². The molecule has 1 N–H and O–H groups in total. The lowest BCUT2D eigenvalue weighted by Gasteiger charge is -2.31. The summed E-state index contributed by atoms with van der Waals surface area (Å²) >= 11 is 0. The number of benzene rings is 1. The first-order valence-electron chi connectivity index (χ1n) is 7.53. The smallest absolute Gasteiger partial charge is 0.253 e. The van der Waals surface area contributed by atoms with Gasteiger partial charge in [0.2, 0.25) is 0 Å². The summed E-state index contributed by atoms with van der Waals surface area (Å²) in [5, 5.41) is 13.4. The van der Waals surface area contributed by atoms with Crippen molar-refractivity contribution in [2.24, 2.45) is 13.0 Å². The molecule has 0 saturated carbocycles. The first-order valence-corrected chi connectivity index (χ1v) is 7.53. The quantitative estimate of drug-likeness (QED) is 0.928. The molecule has 116 valence electrons. The third-order valence-electron chi connectivity index (χ3n) is 4.15. The fourth-order valence-electron chi connectivity index (χ4n) is 2.73. The molecule has 3 rings (SSSR count). The topological polar surface area (TPSA) is 71.2 Å². The molecule has 1 aromatic heterocycles. The minimum absolute atomic E-state index is 0.0527. The minimum Gasteiger partial charge on any atom is -0.396 e. The number of rotatable bonds is 3. The van der Waals surface area contributed by atoms with Gasteiger partial charge in [0.25, 0.3) is 5.91 Å². The molecule has 1 aliphatic heterocycles. The molecule has 2 aromatic rings. The van der Waals surface area contributed by atoms with Crippen LogP contribution in [0.5, 0.6) is 0 Å². The van der Waals surface area contributed by atoms with E-state index in [4.69, 9.17) is 5.11 Å². The van der Waals surface area contributed by atoms with E-state index in [-0.39, 0.29) is 12.5 Å². The number of carbonyl (C=O) groups excluding carboxylic acids is 1. The van der Waals surface area contributed by atoms with Crippen molar-refractivity contribution < 1.29 is 9.90 Å². The number of hydrogen-bond donors (Lipinski definition) is 1. The van der Waals surface area contributed by atoms with Crippen LogP contribution in [-0.4, -0.2) is 50.4 Å². The molecule has 2 heterocycles. The second-order valence-corrected chi connectivity index (χ2v) is 5.74. The molecular weight excluding hydrogens is 280 g/mol. The number of aromatic nitrogens is 3. The number of aliphatic hydroxyl groups is 1. The van der Waals surface area contributed by atoms with E-state index in [0.717, 1.165) is 18.4 Å². The second-order valence-electron chi connectivity index (χ2n) is 5.74. The van der Waals surface area contributed by atoms with Crippen molar-refractivity contribution in [1.82, 2.24) is 19.7 Å². The number of piperidine rings is 1. The molecule has 1 fully saturated rings. The first-order chi connectivity index (χ1) is 10.7. The van der Waals surface area contributed by atoms with E-state index in [9.17, 15) is 4.79 Å². The predicted octanol–water partition coefficient (Wildman–Crippen LogP) is 1.33. The van der Waals surface area contributed by atoms with Crippen LogP contribution < -0.4 is 0 Å². The van der Waals surface area contributed by atoms with Crippen LogP contribution in [0, 0.1) is 5.92 Å². The number of likely N-dealkylation sites (tertiary alicyclic amines) is 1. The number of aliphatic hydroxyl groups excluding tert-OH is 1. The maximum Gasteiger partial charge on any atom is 0.253 e. The zero-order valence-electron chi connectivity index (χ0n) is 12.6. The van der Waals surface area contributed by atoms with Crippen molar-refractivity contribution >= 4 is 5.91 Å². The third kappa shape index (κ3) is 3.01. The summed E-state index contributed by atoms with van der Waals surface area (Å²) in [6.07, 6.45) is 3.40. The molecule has 1 amide bonds. The van der Waals surface area contributed by atoms with Crippen molar-refractivity contribution in [3.8, 4) is 11.4 Å². The monoisotopic (exact) mass is 300 g/mol. The zero-order chi connectivity index (χ0) is 15.5. The number of hydrogen-bond acceptors (Lipinski definition) is 4. The highest BCUT2D eigenvalue weighted by Crippen LogP contribution is 2.20. The Labute approximate surface area is 129 Å². The van der Waals surface area contributed by atoms with Gasteiger partial charge in [-0.25, -0.2) is 4.98 Å². The van der Waals surface area contributed by atoms with Gasteiger partial charge in [0.05, 0.1) is 0 Å². The van der Waals surface area contributed by atoms with Gasteiger partial charge in [0, 0.05) is 37.9 Å². The average molecular weight is 300 g/mol. The average Bonchev–Trinajstić information content (AvgIpc) is 3.01. The summed E-state index contributed by atoms with van der Waals surface area (Å²) in [4.78, 5) is 18.5. The number of aryl methyl sites for hydroxylation is 1. The van der Waals surface area contributed by atoms with Crippen molar-refractivity contribution in [1.29, 1.82) is 0 Å². The highest BCUT2D eigenvalue weighted by atomic mass is 16.3. The van der Waals surface area contributed by atoms with Crippen LogP contribution in [0.3, 0.4) is 0 Å². The van der Waals surface area contributed by atoms with Crippen LogP contribution in [0.1, 0.15) is 23.2 Å². The highest BCUT2D eigenvalue weighted by Gasteiger charge is 2.23. The molecule has 1 aromatic carbocycles. The maximum absolute atomic E-state index is 12.5. The van der Waals surface area contributed by atoms with Gasteiger partial charge in [0.1, 0.15) is 6.33 Å². The molecule has 6 heteroatoms. The van der Waals surface area contributed by atoms with Crippen molar-refractivity contribution in [2.45, 2.75) is 12.8 Å². The van der Waals surface area contributed by atoms with E-state index in [2.05, 4.69) is 10.1 Å². The SMILES string of the molecule is Cn1cnc(-c2ccc(C(=O)N3CCC(CO)CC3)cc2)n1. The fraction of sp³-hybridized carbons (Fsp3) is 0.438. The maximum atomic E-state index is 12.5. The first kappa shape index (κ1) is 14.7. The van der Waals surface area contributed by atoms with Crippen molar-refractivity contribution in [3.05, 3.63) is 36.2 Å². The van der Waals surface area contributed by atoms with Crippen LogP contribution in [0.4, 0.5) is 0 Å². The number of nitrogens with zero attached hydrogens (tertiary/aromatic N) is 4. The third-order valence-corrected chi connectivity index (χ3v) is 4.15. The van der Waals surface area contributed by atoms with Crippen LogP contribution in [0.2, 0.25) is 0 Å². The molecule has 6 nitrogen and oxygen atoms in total. The summed E-state index contributed by atoms with van der Waals surface area (Å²) in [5.41, 5.74) is 1.58. The second kappa shape index (κ2) is 6.27. The van der Waals surface area contributed by atoms with Gasteiger partial charge >= 0.3 is 0 Å². The van der Waals surface area contributed by atoms with Crippen molar-refractivity contribution in [2.75, 3.05) is 19.7 Å². The summed E-state index contributed by atoms with van der Waals surface area (Å²) in [6, 6.07) is 7.41. The Morgan fingerprint density at radius 2 is 1.95 bits per heavy atom. The van der Waals surface area contributed by atoms with Crippen LogP contribution in [0.25, 0.3) is 11.4 Å². The largest absolute Gasteiger partial charge is 0.396 e. The summed E-state index contributed by atoms with van der Waals surface area (Å²) in [5.74, 6) is 1.05. The Hall–Kier alpha value is -2.21. The molecule has 0 spiro atoms. The lowest BCUT2D eigenvalue weighted by Crippen LogP contribution is -2.39. The predicted molar refractivity (Wildman–Crippen MR) is 82.2 cm³/mol. The molecule has 22 heavy (non-hydrogen) atoms.